The maximum atomic E-state index is 4.93. The Labute approximate surface area is 363 Å². The Hall–Kier alpha value is 1.80. The fourth-order valence-corrected chi connectivity index (χ4v) is 22.4. The van der Waals surface area contributed by atoms with Gasteiger partial charge in [-0.25, -0.2) is 0 Å². The van der Waals surface area contributed by atoms with Gasteiger partial charge in [0.2, 0.25) is 0 Å². The minimum atomic E-state index is -1.37. The van der Waals surface area contributed by atoms with Gasteiger partial charge in [0.05, 0.1) is 16.1 Å². The van der Waals surface area contributed by atoms with Crippen LogP contribution in [0.5, 0.6) is 0 Å². The summed E-state index contributed by atoms with van der Waals surface area (Å²) in [5.41, 5.74) is 7.08. The standard InChI is InChI=1S/C20H36Si.C20H24Si.4CH3.4ClH.2Zr/c2*1-21(2,19-13-11-15-7-3-5-9-17(15)19)20-14-12-16-8-4-6-10-18(16)20;;;;;;;;;;/h15-20H,3-14H2,1-2H3;3-11,13,16,18-20H,12,14H2,1-2H3;4*1H3;4*1H;;/q;;4*-1;;;;;2*+4/p-4. The predicted molar refractivity (Wildman–Crippen MR) is 237 cm³/mol. The molecule has 1 aromatic carbocycles. The summed E-state index contributed by atoms with van der Waals surface area (Å²) in [5, 5.41) is 0. The zero-order valence-corrected chi connectivity index (χ0v) is 43.9. The molecule has 0 amide bonds. The molecule has 10 atom stereocenters. The van der Waals surface area contributed by atoms with Crippen molar-refractivity contribution < 1.29 is 41.7 Å². The van der Waals surface area contributed by atoms with Gasteiger partial charge in [-0.2, -0.15) is 0 Å². The SMILES string of the molecule is C[Si](C)(C1C=Cc2ccccc21)C1CCC2C=CC=CC21.C[Si](C)(C1CCC2CCCCC21)C1CCC2CCCCC21.[CH3-].[CH3-].[CH3-].[CH3-].[Cl][Zr+2][Cl].[Cl][Zr+2][Cl]. The molecule has 7 aliphatic carbocycles. The quantitative estimate of drug-likeness (QED) is 0.208. The molecule has 0 heterocycles. The van der Waals surface area contributed by atoms with Crippen LogP contribution in [0.25, 0.3) is 6.08 Å². The van der Waals surface area contributed by atoms with Crippen molar-refractivity contribution in [2.75, 3.05) is 0 Å². The second kappa shape index (κ2) is 24.7. The van der Waals surface area contributed by atoms with Crippen LogP contribution in [0.15, 0.2) is 54.6 Å². The van der Waals surface area contributed by atoms with E-state index in [2.05, 4.69) is 86.9 Å². The van der Waals surface area contributed by atoms with Crippen molar-refractivity contribution in [3.8, 4) is 0 Å². The summed E-state index contributed by atoms with van der Waals surface area (Å²) >= 11 is -1.65. The average Bonchev–Trinajstić information content (AvgIpc) is 3.90. The summed E-state index contributed by atoms with van der Waals surface area (Å²) in [6.07, 6.45) is 36.2. The molecule has 0 N–H and O–H groups in total. The van der Waals surface area contributed by atoms with Crippen LogP contribution < -0.4 is 0 Å². The molecule has 5 fully saturated rings. The summed E-state index contributed by atoms with van der Waals surface area (Å²) < 4.78 is 0. The van der Waals surface area contributed by atoms with Gasteiger partial charge in [-0.3, -0.25) is 0 Å². The molecule has 1 aromatic rings. The minimum absolute atomic E-state index is 0. The number of allylic oxidation sites excluding steroid dienone is 5. The second-order valence-corrected chi connectivity index (χ2v) is 34.8. The molecule has 52 heavy (non-hydrogen) atoms. The van der Waals surface area contributed by atoms with Gasteiger partial charge in [0.15, 0.2) is 0 Å². The molecule has 8 rings (SSSR count). The molecule has 10 unspecified atom stereocenters. The summed E-state index contributed by atoms with van der Waals surface area (Å²) in [6, 6.07) is 9.01. The van der Waals surface area contributed by atoms with Crippen LogP contribution in [0.4, 0.5) is 0 Å². The van der Waals surface area contributed by atoms with Gasteiger partial charge in [-0.1, -0.05) is 170 Å². The van der Waals surface area contributed by atoms with Crippen LogP contribution in [0.3, 0.4) is 0 Å². The molecule has 0 radical (unpaired) electrons. The van der Waals surface area contributed by atoms with Crippen molar-refractivity contribution in [1.82, 2.24) is 0 Å². The topological polar surface area (TPSA) is 0 Å². The van der Waals surface area contributed by atoms with Gasteiger partial charge in [0.1, 0.15) is 0 Å². The fraction of sp³-hybridized carbons (Fsp3) is 0.636. The van der Waals surface area contributed by atoms with E-state index in [0.29, 0.717) is 5.54 Å². The number of hydrogen-bond donors (Lipinski definition) is 0. The van der Waals surface area contributed by atoms with Gasteiger partial charge in [0.25, 0.3) is 0 Å². The zero-order chi connectivity index (χ0) is 34.3. The van der Waals surface area contributed by atoms with Crippen molar-refractivity contribution in [1.29, 1.82) is 0 Å². The normalized spacial score (nSPS) is 32.8. The first-order valence-corrected chi connectivity index (χ1v) is 38.2. The number of fused-ring (bicyclic) bond motifs is 4. The van der Waals surface area contributed by atoms with E-state index in [1.54, 1.807) is 82.6 Å². The Bertz CT molecular complexity index is 1220. The van der Waals surface area contributed by atoms with Gasteiger partial charge in [-0.05, 0) is 75.2 Å². The van der Waals surface area contributed by atoms with Crippen LogP contribution >= 0.6 is 34.1 Å². The molecule has 292 valence electrons. The Morgan fingerprint density at radius 2 is 1.02 bits per heavy atom. The first-order chi connectivity index (χ1) is 23.2. The van der Waals surface area contributed by atoms with E-state index in [1.165, 1.54) is 41.3 Å². The molecule has 0 aromatic heterocycles. The Balaban J connectivity index is 0.000000424. The van der Waals surface area contributed by atoms with E-state index >= 15 is 0 Å². The third-order valence-corrected chi connectivity index (χ3v) is 24.7. The predicted octanol–water partition coefficient (Wildman–Crippen LogP) is 16.8. The van der Waals surface area contributed by atoms with Gasteiger partial charge >= 0.3 is 75.7 Å². The van der Waals surface area contributed by atoms with Gasteiger partial charge in [-0.15, -0.1) is 0 Å². The van der Waals surface area contributed by atoms with E-state index < -0.39 is 57.8 Å². The van der Waals surface area contributed by atoms with Crippen LogP contribution in [0, 0.1) is 65.2 Å². The fourth-order valence-electron chi connectivity index (χ4n) is 12.5. The third-order valence-electron chi connectivity index (χ3n) is 14.7. The summed E-state index contributed by atoms with van der Waals surface area (Å²) in [7, 11) is 17.3. The molecule has 5 saturated carbocycles. The molecular weight excluding hydrogens is 909 g/mol. The molecule has 0 bridgehead atoms. The summed E-state index contributed by atoms with van der Waals surface area (Å²) in [5.74, 6) is 6.26. The van der Waals surface area contributed by atoms with Crippen LogP contribution in [0.1, 0.15) is 107 Å². The van der Waals surface area contributed by atoms with Crippen LogP contribution in [-0.2, 0) is 41.7 Å². The van der Waals surface area contributed by atoms with Crippen molar-refractivity contribution >= 4 is 56.3 Å². The van der Waals surface area contributed by atoms with Gasteiger partial charge < -0.3 is 29.7 Å². The number of hydrogen-bond acceptors (Lipinski definition) is 0. The Morgan fingerprint density at radius 3 is 1.58 bits per heavy atom. The van der Waals surface area contributed by atoms with E-state index in [0.717, 1.165) is 29.2 Å². The second-order valence-electron chi connectivity index (χ2n) is 17.2. The number of benzene rings is 1. The van der Waals surface area contributed by atoms with Crippen molar-refractivity contribution in [2.24, 2.45) is 35.5 Å². The van der Waals surface area contributed by atoms with Crippen molar-refractivity contribution in [3.05, 3.63) is 95.5 Å². The number of halogens is 4. The molecular formula is C44H72Cl4Si2Zr2. The van der Waals surface area contributed by atoms with Gasteiger partial charge in [0, 0.05) is 0 Å². The molecule has 0 saturated heterocycles. The Kier molecular flexibility index (Phi) is 24.6. The first kappa shape index (κ1) is 51.8. The van der Waals surface area contributed by atoms with Crippen molar-refractivity contribution in [2.45, 2.75) is 138 Å². The summed E-state index contributed by atoms with van der Waals surface area (Å²) in [4.78, 5) is 0. The molecule has 0 aliphatic heterocycles. The maximum absolute atomic E-state index is 4.93. The molecule has 0 nitrogen and oxygen atoms in total. The van der Waals surface area contributed by atoms with E-state index in [4.69, 9.17) is 34.1 Å². The molecule has 0 spiro atoms. The number of rotatable bonds is 4. The first-order valence-electron chi connectivity index (χ1n) is 19.2. The average molecular weight is 981 g/mol. The monoisotopic (exact) mass is 976 g/mol. The van der Waals surface area contributed by atoms with E-state index in [-0.39, 0.29) is 29.7 Å². The molecule has 8 heteroatoms. The molecule has 7 aliphatic rings. The van der Waals surface area contributed by atoms with E-state index in [9.17, 15) is 0 Å². The Morgan fingerprint density at radius 1 is 0.538 bits per heavy atom. The third kappa shape index (κ3) is 11.9. The van der Waals surface area contributed by atoms with Crippen LogP contribution in [-0.4, -0.2) is 16.1 Å². The van der Waals surface area contributed by atoms with Crippen LogP contribution in [0.2, 0.25) is 42.8 Å². The summed E-state index contributed by atoms with van der Waals surface area (Å²) in [6.45, 7) is 10.9. The van der Waals surface area contributed by atoms with E-state index in [1.807, 2.05) is 0 Å². The zero-order valence-electron chi connectivity index (χ0n) is 34.0. The van der Waals surface area contributed by atoms with Crippen molar-refractivity contribution in [3.63, 3.8) is 0 Å².